The summed E-state index contributed by atoms with van der Waals surface area (Å²) < 4.78 is 25.8. The molecule has 1 aromatic rings. The quantitative estimate of drug-likeness (QED) is 0.701. The summed E-state index contributed by atoms with van der Waals surface area (Å²) in [6.07, 6.45) is 1.45. The monoisotopic (exact) mass is 271 g/mol. The van der Waals surface area contributed by atoms with Crippen molar-refractivity contribution in [3.63, 3.8) is 0 Å². The van der Waals surface area contributed by atoms with Crippen molar-refractivity contribution in [2.75, 3.05) is 19.7 Å². The van der Waals surface area contributed by atoms with Crippen molar-refractivity contribution in [2.45, 2.75) is 11.5 Å². The van der Waals surface area contributed by atoms with Gasteiger partial charge in [0.2, 0.25) is 10.0 Å². The Morgan fingerprint density at radius 3 is 2.50 bits per heavy atom. The maximum absolute atomic E-state index is 12.3. The number of aliphatic hydroxyl groups excluding tert-OH is 2. The van der Waals surface area contributed by atoms with Crippen molar-refractivity contribution in [3.05, 3.63) is 42.5 Å². The Hall–Kier alpha value is -1.21. The number of benzene rings is 1. The van der Waals surface area contributed by atoms with Gasteiger partial charge in [-0.05, 0) is 11.6 Å². The highest BCUT2D eigenvalue weighted by atomic mass is 32.2. The molecule has 0 amide bonds. The van der Waals surface area contributed by atoms with Crippen LogP contribution in [0.4, 0.5) is 0 Å². The Kier molecular flexibility index (Phi) is 5.49. The first kappa shape index (κ1) is 14.8. The van der Waals surface area contributed by atoms with Crippen LogP contribution in [-0.2, 0) is 16.6 Å². The fourth-order valence-electron chi connectivity index (χ4n) is 1.59. The molecule has 1 rings (SSSR count). The molecular formula is C12H17NO4S. The van der Waals surface area contributed by atoms with E-state index >= 15 is 0 Å². The van der Waals surface area contributed by atoms with Gasteiger partial charge in [-0.1, -0.05) is 24.3 Å². The molecule has 2 N–H and O–H groups in total. The van der Waals surface area contributed by atoms with E-state index in [9.17, 15) is 13.5 Å². The molecule has 0 fully saturated rings. The predicted octanol–water partition coefficient (Wildman–Crippen LogP) is 0.348. The molecule has 0 aliphatic rings. The van der Waals surface area contributed by atoms with E-state index in [1.165, 1.54) is 12.1 Å². The lowest BCUT2D eigenvalue weighted by Crippen LogP contribution is -2.34. The van der Waals surface area contributed by atoms with Gasteiger partial charge in [-0.3, -0.25) is 0 Å². The number of sulfonamides is 1. The molecule has 0 atom stereocenters. The van der Waals surface area contributed by atoms with Gasteiger partial charge in [-0.2, -0.15) is 4.31 Å². The Balaban J connectivity index is 3.21. The molecule has 0 radical (unpaired) electrons. The largest absolute Gasteiger partial charge is 0.395 e. The highest BCUT2D eigenvalue weighted by Gasteiger charge is 2.25. The summed E-state index contributed by atoms with van der Waals surface area (Å²) in [5.41, 5.74) is 0.338. The third-order valence-corrected chi connectivity index (χ3v) is 4.41. The maximum atomic E-state index is 12.3. The molecule has 0 spiro atoms. The summed E-state index contributed by atoms with van der Waals surface area (Å²) in [4.78, 5) is 0.0581. The number of rotatable bonds is 7. The lowest BCUT2D eigenvalue weighted by Gasteiger charge is -2.21. The average molecular weight is 271 g/mol. The first-order valence-electron chi connectivity index (χ1n) is 5.48. The molecule has 0 unspecified atom stereocenters. The lowest BCUT2D eigenvalue weighted by atomic mass is 10.2. The van der Waals surface area contributed by atoms with Gasteiger partial charge in [0.1, 0.15) is 0 Å². The molecule has 18 heavy (non-hydrogen) atoms. The summed E-state index contributed by atoms with van der Waals surface area (Å²) in [5.74, 6) is 0. The van der Waals surface area contributed by atoms with E-state index in [-0.39, 0.29) is 31.2 Å². The molecule has 0 heterocycles. The van der Waals surface area contributed by atoms with Crippen LogP contribution in [0.2, 0.25) is 0 Å². The summed E-state index contributed by atoms with van der Waals surface area (Å²) in [5, 5.41) is 18.1. The van der Waals surface area contributed by atoms with Crippen LogP contribution in [0.15, 0.2) is 41.8 Å². The molecule has 0 saturated carbocycles. The molecule has 0 aliphatic heterocycles. The molecule has 1 aromatic carbocycles. The molecule has 100 valence electrons. The first-order valence-corrected chi connectivity index (χ1v) is 6.92. The first-order chi connectivity index (χ1) is 8.57. The Morgan fingerprint density at radius 1 is 1.28 bits per heavy atom. The normalized spacial score (nSPS) is 11.7. The van der Waals surface area contributed by atoms with Crippen molar-refractivity contribution in [3.8, 4) is 0 Å². The van der Waals surface area contributed by atoms with Crippen LogP contribution in [0.3, 0.4) is 0 Å². The van der Waals surface area contributed by atoms with Crippen LogP contribution in [0.1, 0.15) is 5.56 Å². The van der Waals surface area contributed by atoms with E-state index in [0.717, 1.165) is 4.31 Å². The van der Waals surface area contributed by atoms with Crippen molar-refractivity contribution >= 4 is 10.0 Å². The van der Waals surface area contributed by atoms with Gasteiger partial charge >= 0.3 is 0 Å². The highest BCUT2D eigenvalue weighted by molar-refractivity contribution is 7.89. The predicted molar refractivity (Wildman–Crippen MR) is 68.4 cm³/mol. The van der Waals surface area contributed by atoms with E-state index in [1.54, 1.807) is 18.2 Å². The average Bonchev–Trinajstić information content (AvgIpc) is 2.38. The minimum Gasteiger partial charge on any atom is -0.395 e. The second kappa shape index (κ2) is 6.65. The Morgan fingerprint density at radius 2 is 1.94 bits per heavy atom. The fourth-order valence-corrected chi connectivity index (χ4v) is 3.21. The molecule has 0 aliphatic carbocycles. The molecular weight excluding hydrogens is 254 g/mol. The van der Waals surface area contributed by atoms with Gasteiger partial charge in [-0.15, -0.1) is 6.58 Å². The van der Waals surface area contributed by atoms with E-state index in [2.05, 4.69) is 6.58 Å². The van der Waals surface area contributed by atoms with Crippen molar-refractivity contribution in [1.82, 2.24) is 4.31 Å². The van der Waals surface area contributed by atoms with Crippen LogP contribution in [0.5, 0.6) is 0 Å². The second-order valence-corrected chi connectivity index (χ2v) is 5.55. The van der Waals surface area contributed by atoms with E-state index < -0.39 is 10.0 Å². The van der Waals surface area contributed by atoms with Crippen molar-refractivity contribution in [1.29, 1.82) is 0 Å². The Bertz CT molecular complexity index is 499. The number of hydrogen-bond donors (Lipinski definition) is 2. The molecule has 0 saturated heterocycles. The summed E-state index contributed by atoms with van der Waals surface area (Å²) in [6.45, 7) is 2.98. The third kappa shape index (κ3) is 3.17. The molecule has 5 nitrogen and oxygen atoms in total. The number of nitrogens with zero attached hydrogens (tertiary/aromatic N) is 1. The summed E-state index contributed by atoms with van der Waals surface area (Å²) in [6, 6.07) is 6.25. The molecule has 0 bridgehead atoms. The second-order valence-electron chi connectivity index (χ2n) is 3.64. The third-order valence-electron chi connectivity index (χ3n) is 2.44. The standard InChI is InChI=1S/C12H17NO4S/c1-2-7-13(8-9-14)18(16,17)12-6-4-3-5-11(12)10-15/h2-6,14-15H,1,7-10H2. The van der Waals surface area contributed by atoms with Crippen LogP contribution in [0, 0.1) is 0 Å². The topological polar surface area (TPSA) is 77.8 Å². The van der Waals surface area contributed by atoms with Gasteiger partial charge in [0.15, 0.2) is 0 Å². The van der Waals surface area contributed by atoms with Crippen molar-refractivity contribution in [2.24, 2.45) is 0 Å². The molecule has 0 aromatic heterocycles. The highest BCUT2D eigenvalue weighted by Crippen LogP contribution is 2.20. The molecule has 6 heteroatoms. The van der Waals surface area contributed by atoms with Crippen LogP contribution >= 0.6 is 0 Å². The van der Waals surface area contributed by atoms with Crippen LogP contribution in [-0.4, -0.2) is 42.6 Å². The lowest BCUT2D eigenvalue weighted by molar-refractivity contribution is 0.259. The van der Waals surface area contributed by atoms with Gasteiger partial charge in [0.25, 0.3) is 0 Å². The zero-order valence-corrected chi connectivity index (χ0v) is 10.8. The summed E-state index contributed by atoms with van der Waals surface area (Å²) in [7, 11) is -3.73. The van der Waals surface area contributed by atoms with Crippen molar-refractivity contribution < 1.29 is 18.6 Å². The van der Waals surface area contributed by atoms with Gasteiger partial charge in [-0.25, -0.2) is 8.42 Å². The van der Waals surface area contributed by atoms with Crippen LogP contribution < -0.4 is 0 Å². The zero-order chi connectivity index (χ0) is 13.6. The van der Waals surface area contributed by atoms with Gasteiger partial charge < -0.3 is 10.2 Å². The zero-order valence-electron chi connectivity index (χ0n) is 9.99. The van der Waals surface area contributed by atoms with E-state index in [4.69, 9.17) is 5.11 Å². The maximum Gasteiger partial charge on any atom is 0.243 e. The Labute approximate surface area is 107 Å². The number of aliphatic hydroxyl groups is 2. The smallest absolute Gasteiger partial charge is 0.243 e. The van der Waals surface area contributed by atoms with Gasteiger partial charge in [0, 0.05) is 13.1 Å². The van der Waals surface area contributed by atoms with E-state index in [1.807, 2.05) is 0 Å². The van der Waals surface area contributed by atoms with Gasteiger partial charge in [0.05, 0.1) is 18.1 Å². The van der Waals surface area contributed by atoms with E-state index in [0.29, 0.717) is 5.56 Å². The SMILES string of the molecule is C=CCN(CCO)S(=O)(=O)c1ccccc1CO. The minimum absolute atomic E-state index is 0.00584. The minimum atomic E-state index is -3.73. The van der Waals surface area contributed by atoms with Crippen LogP contribution in [0.25, 0.3) is 0 Å². The fraction of sp³-hybridized carbons (Fsp3) is 0.333. The summed E-state index contributed by atoms with van der Waals surface area (Å²) >= 11 is 0. The number of hydrogen-bond acceptors (Lipinski definition) is 4.